The summed E-state index contributed by atoms with van der Waals surface area (Å²) in [7, 11) is -3.66. The Morgan fingerprint density at radius 1 is 1.37 bits per heavy atom. The molecule has 1 atom stereocenters. The van der Waals surface area contributed by atoms with Crippen LogP contribution in [0, 0.1) is 6.92 Å². The SMILES string of the molecule is CCN(C(C)CC(=O)O)S(=O)(=O)c1ccccc1C. The molecule has 19 heavy (non-hydrogen) atoms. The molecule has 1 aromatic rings. The van der Waals surface area contributed by atoms with E-state index in [2.05, 4.69) is 0 Å². The van der Waals surface area contributed by atoms with Gasteiger partial charge in [-0.05, 0) is 25.5 Å². The lowest BCUT2D eigenvalue weighted by molar-refractivity contribution is -0.137. The van der Waals surface area contributed by atoms with Crippen molar-refractivity contribution in [2.75, 3.05) is 6.54 Å². The van der Waals surface area contributed by atoms with Crippen LogP contribution in [0.2, 0.25) is 0 Å². The van der Waals surface area contributed by atoms with Crippen molar-refractivity contribution in [1.29, 1.82) is 0 Å². The second kappa shape index (κ2) is 6.16. The van der Waals surface area contributed by atoms with Crippen molar-refractivity contribution in [1.82, 2.24) is 4.31 Å². The van der Waals surface area contributed by atoms with Crippen LogP contribution in [0.1, 0.15) is 25.8 Å². The van der Waals surface area contributed by atoms with Crippen LogP contribution in [0.5, 0.6) is 0 Å². The van der Waals surface area contributed by atoms with Gasteiger partial charge in [-0.3, -0.25) is 4.79 Å². The molecule has 0 saturated heterocycles. The van der Waals surface area contributed by atoms with Crippen molar-refractivity contribution < 1.29 is 18.3 Å². The van der Waals surface area contributed by atoms with Gasteiger partial charge in [0.15, 0.2) is 0 Å². The second-order valence-electron chi connectivity index (χ2n) is 4.42. The number of aryl methyl sites for hydroxylation is 1. The molecule has 0 aliphatic rings. The molecule has 1 unspecified atom stereocenters. The van der Waals surface area contributed by atoms with E-state index < -0.39 is 22.0 Å². The zero-order chi connectivity index (χ0) is 14.6. The van der Waals surface area contributed by atoms with Crippen molar-refractivity contribution >= 4 is 16.0 Å². The van der Waals surface area contributed by atoms with Gasteiger partial charge in [-0.1, -0.05) is 25.1 Å². The molecule has 0 saturated carbocycles. The quantitative estimate of drug-likeness (QED) is 0.865. The van der Waals surface area contributed by atoms with Crippen molar-refractivity contribution in [3.63, 3.8) is 0 Å². The van der Waals surface area contributed by atoms with E-state index in [1.54, 1.807) is 45.0 Å². The first-order valence-electron chi connectivity index (χ1n) is 6.10. The van der Waals surface area contributed by atoms with Gasteiger partial charge in [0.05, 0.1) is 11.3 Å². The number of carboxylic acid groups (broad SMARTS) is 1. The number of carbonyl (C=O) groups is 1. The summed E-state index contributed by atoms with van der Waals surface area (Å²) < 4.78 is 26.3. The smallest absolute Gasteiger partial charge is 0.304 e. The summed E-state index contributed by atoms with van der Waals surface area (Å²) in [5, 5.41) is 8.80. The molecule has 0 bridgehead atoms. The molecule has 1 aromatic carbocycles. The standard InChI is InChI=1S/C13H19NO4S/c1-4-14(11(3)9-13(15)16)19(17,18)12-8-6-5-7-10(12)2/h5-8,11H,4,9H2,1-3H3,(H,15,16). The first-order chi connectivity index (χ1) is 8.80. The van der Waals surface area contributed by atoms with E-state index in [9.17, 15) is 13.2 Å². The van der Waals surface area contributed by atoms with Crippen molar-refractivity contribution in [2.45, 2.75) is 38.1 Å². The molecule has 0 radical (unpaired) electrons. The summed E-state index contributed by atoms with van der Waals surface area (Å²) in [6.07, 6.45) is -0.209. The lowest BCUT2D eigenvalue weighted by atomic mass is 10.2. The Morgan fingerprint density at radius 3 is 2.42 bits per heavy atom. The average Bonchev–Trinajstić information content (AvgIpc) is 2.28. The van der Waals surface area contributed by atoms with Crippen LogP contribution in [0.15, 0.2) is 29.2 Å². The Labute approximate surface area is 113 Å². The maximum absolute atomic E-state index is 12.5. The number of hydrogen-bond donors (Lipinski definition) is 1. The van der Waals surface area contributed by atoms with Gasteiger partial charge in [0.1, 0.15) is 0 Å². The topological polar surface area (TPSA) is 74.7 Å². The second-order valence-corrected chi connectivity index (χ2v) is 6.28. The van der Waals surface area contributed by atoms with Gasteiger partial charge in [-0.15, -0.1) is 0 Å². The summed E-state index contributed by atoms with van der Waals surface area (Å²) >= 11 is 0. The molecule has 6 heteroatoms. The lowest BCUT2D eigenvalue weighted by Crippen LogP contribution is -2.39. The normalized spacial score (nSPS) is 13.5. The number of sulfonamides is 1. The van der Waals surface area contributed by atoms with E-state index in [4.69, 9.17) is 5.11 Å². The highest BCUT2D eigenvalue weighted by Crippen LogP contribution is 2.22. The number of aliphatic carboxylic acids is 1. The highest BCUT2D eigenvalue weighted by Gasteiger charge is 2.29. The largest absolute Gasteiger partial charge is 0.481 e. The van der Waals surface area contributed by atoms with E-state index in [0.29, 0.717) is 5.56 Å². The number of nitrogens with zero attached hydrogens (tertiary/aromatic N) is 1. The summed E-state index contributed by atoms with van der Waals surface area (Å²) in [6, 6.07) is 6.12. The fourth-order valence-electron chi connectivity index (χ4n) is 2.05. The van der Waals surface area contributed by atoms with Gasteiger partial charge < -0.3 is 5.11 Å². The molecule has 0 heterocycles. The third-order valence-electron chi connectivity index (χ3n) is 2.95. The Morgan fingerprint density at radius 2 is 1.95 bits per heavy atom. The highest BCUT2D eigenvalue weighted by molar-refractivity contribution is 7.89. The third-order valence-corrected chi connectivity index (χ3v) is 5.20. The Balaban J connectivity index is 3.16. The Bertz CT molecular complexity index is 554. The summed E-state index contributed by atoms with van der Waals surface area (Å²) in [6.45, 7) is 5.27. The fraction of sp³-hybridized carbons (Fsp3) is 0.462. The van der Waals surface area contributed by atoms with Gasteiger partial charge in [-0.2, -0.15) is 4.31 Å². The van der Waals surface area contributed by atoms with Gasteiger partial charge in [0.25, 0.3) is 0 Å². The zero-order valence-corrected chi connectivity index (χ0v) is 12.1. The third kappa shape index (κ3) is 3.54. The van der Waals surface area contributed by atoms with Gasteiger partial charge in [0.2, 0.25) is 10.0 Å². The molecule has 0 aliphatic carbocycles. The van der Waals surface area contributed by atoms with Crippen LogP contribution in [0.4, 0.5) is 0 Å². The van der Waals surface area contributed by atoms with E-state index >= 15 is 0 Å². The molecule has 0 amide bonds. The van der Waals surface area contributed by atoms with Crippen LogP contribution in [-0.2, 0) is 14.8 Å². The molecule has 0 aromatic heterocycles. The number of rotatable bonds is 6. The van der Waals surface area contributed by atoms with Crippen molar-refractivity contribution in [3.05, 3.63) is 29.8 Å². The first-order valence-corrected chi connectivity index (χ1v) is 7.54. The zero-order valence-electron chi connectivity index (χ0n) is 11.3. The Kier molecular flexibility index (Phi) is 5.08. The van der Waals surface area contributed by atoms with E-state index in [-0.39, 0.29) is 17.9 Å². The predicted molar refractivity (Wildman–Crippen MR) is 72.5 cm³/mol. The average molecular weight is 285 g/mol. The molecule has 0 spiro atoms. The van der Waals surface area contributed by atoms with Crippen LogP contribution in [0.25, 0.3) is 0 Å². The van der Waals surface area contributed by atoms with Gasteiger partial charge in [-0.25, -0.2) is 8.42 Å². The maximum atomic E-state index is 12.5. The van der Waals surface area contributed by atoms with E-state index in [1.165, 1.54) is 4.31 Å². The molecule has 1 N–H and O–H groups in total. The predicted octanol–water partition coefficient (Wildman–Crippen LogP) is 1.87. The minimum atomic E-state index is -3.66. The van der Waals surface area contributed by atoms with Crippen LogP contribution >= 0.6 is 0 Å². The lowest BCUT2D eigenvalue weighted by Gasteiger charge is -2.26. The maximum Gasteiger partial charge on any atom is 0.304 e. The van der Waals surface area contributed by atoms with Gasteiger partial charge in [0, 0.05) is 12.6 Å². The number of benzene rings is 1. The molecule has 1 rings (SSSR count). The minimum Gasteiger partial charge on any atom is -0.481 e. The monoisotopic (exact) mass is 285 g/mol. The number of hydrogen-bond acceptors (Lipinski definition) is 3. The molecule has 106 valence electrons. The molecule has 0 fully saturated rings. The van der Waals surface area contributed by atoms with Crippen LogP contribution in [-0.4, -0.2) is 36.4 Å². The van der Waals surface area contributed by atoms with Crippen molar-refractivity contribution in [2.24, 2.45) is 0 Å². The summed E-state index contributed by atoms with van der Waals surface area (Å²) in [5.74, 6) is -1.01. The number of carboxylic acids is 1. The molecule has 5 nitrogen and oxygen atoms in total. The Hall–Kier alpha value is -1.40. The molecular formula is C13H19NO4S. The van der Waals surface area contributed by atoms with E-state index in [0.717, 1.165) is 0 Å². The van der Waals surface area contributed by atoms with Crippen molar-refractivity contribution in [3.8, 4) is 0 Å². The summed E-state index contributed by atoms with van der Waals surface area (Å²) in [4.78, 5) is 11.0. The van der Waals surface area contributed by atoms with Crippen LogP contribution < -0.4 is 0 Å². The van der Waals surface area contributed by atoms with Gasteiger partial charge >= 0.3 is 5.97 Å². The van der Waals surface area contributed by atoms with Crippen LogP contribution in [0.3, 0.4) is 0 Å². The first kappa shape index (κ1) is 15.7. The molecular weight excluding hydrogens is 266 g/mol. The summed E-state index contributed by atoms with van der Waals surface area (Å²) in [5.41, 5.74) is 0.656. The highest BCUT2D eigenvalue weighted by atomic mass is 32.2. The fourth-order valence-corrected chi connectivity index (χ4v) is 3.91. The van der Waals surface area contributed by atoms with E-state index in [1.807, 2.05) is 0 Å². The molecule has 0 aliphatic heterocycles. The minimum absolute atomic E-state index is 0.209.